The number of rotatable bonds is 5. The van der Waals surface area contributed by atoms with Crippen LogP contribution in [-0.4, -0.2) is 31.9 Å². The summed E-state index contributed by atoms with van der Waals surface area (Å²) in [5, 5.41) is 19.0. The summed E-state index contributed by atoms with van der Waals surface area (Å²) in [5.41, 5.74) is 4.88. The molecule has 0 saturated carbocycles. The molecule has 0 aliphatic carbocycles. The van der Waals surface area contributed by atoms with Gasteiger partial charge in [0.05, 0.1) is 11.8 Å². The van der Waals surface area contributed by atoms with Gasteiger partial charge in [0.15, 0.2) is 5.69 Å². The Kier molecular flexibility index (Phi) is 4.53. The number of fused-ring (bicyclic) bond motifs is 1. The summed E-state index contributed by atoms with van der Waals surface area (Å²) in [5.74, 6) is -2.23. The third kappa shape index (κ3) is 3.31. The molecule has 0 radical (unpaired) electrons. The molecule has 0 aliphatic rings. The van der Waals surface area contributed by atoms with Gasteiger partial charge in [0.25, 0.3) is 18.2 Å². The Hall–Kier alpha value is -3.48. The fourth-order valence-corrected chi connectivity index (χ4v) is 3.48. The van der Waals surface area contributed by atoms with E-state index in [2.05, 4.69) is 20.5 Å². The number of nitro groups is 1. The van der Waals surface area contributed by atoms with Gasteiger partial charge in [0.2, 0.25) is 0 Å². The highest BCUT2D eigenvalue weighted by atomic mass is 32.1. The van der Waals surface area contributed by atoms with E-state index in [9.17, 15) is 28.5 Å². The zero-order chi connectivity index (χ0) is 19.9. The standard InChI is InChI=1S/C14H10F2N6O4S/c1-4-2-5(11(15)16)18-14-8(4)9(10(27-14)12(17)23)19-13(24)6-3-7(21-20-6)22(25)26/h2-3,11H,1H3,(H2,17,23)(H,19,24)(H,20,21). The van der Waals surface area contributed by atoms with Gasteiger partial charge >= 0.3 is 5.82 Å². The third-order valence-electron chi connectivity index (χ3n) is 3.56. The minimum absolute atomic E-state index is 0.0102. The summed E-state index contributed by atoms with van der Waals surface area (Å²) < 4.78 is 25.9. The number of amides is 2. The van der Waals surface area contributed by atoms with E-state index in [0.29, 0.717) is 5.56 Å². The molecule has 2 amide bonds. The fourth-order valence-electron chi connectivity index (χ4n) is 2.41. The van der Waals surface area contributed by atoms with Gasteiger partial charge in [0.1, 0.15) is 15.4 Å². The first kappa shape index (κ1) is 18.3. The van der Waals surface area contributed by atoms with Crippen LogP contribution in [0.2, 0.25) is 0 Å². The second-order valence-corrected chi connectivity index (χ2v) is 6.36. The first-order valence-electron chi connectivity index (χ1n) is 7.22. The highest BCUT2D eigenvalue weighted by molar-refractivity contribution is 7.21. The number of aryl methyl sites for hydroxylation is 1. The number of aromatic amines is 1. The van der Waals surface area contributed by atoms with Crippen molar-refractivity contribution < 1.29 is 23.3 Å². The van der Waals surface area contributed by atoms with E-state index >= 15 is 0 Å². The Morgan fingerprint density at radius 1 is 1.41 bits per heavy atom. The number of nitrogens with two attached hydrogens (primary N) is 1. The molecule has 3 aromatic heterocycles. The van der Waals surface area contributed by atoms with Crippen molar-refractivity contribution in [3.63, 3.8) is 0 Å². The molecule has 4 N–H and O–H groups in total. The number of pyridine rings is 1. The Morgan fingerprint density at radius 2 is 2.11 bits per heavy atom. The van der Waals surface area contributed by atoms with Gasteiger partial charge in [-0.3, -0.25) is 9.59 Å². The molecule has 3 rings (SSSR count). The van der Waals surface area contributed by atoms with Gasteiger partial charge in [-0.15, -0.1) is 16.4 Å². The molecule has 0 atom stereocenters. The van der Waals surface area contributed by atoms with Gasteiger partial charge in [-0.1, -0.05) is 5.10 Å². The number of aromatic nitrogens is 3. The minimum atomic E-state index is -2.81. The Bertz CT molecular complexity index is 1090. The topological polar surface area (TPSA) is 157 Å². The summed E-state index contributed by atoms with van der Waals surface area (Å²) in [7, 11) is 0. The quantitative estimate of drug-likeness (QED) is 0.444. The summed E-state index contributed by atoms with van der Waals surface area (Å²) in [6.07, 6.45) is -2.81. The first-order chi connectivity index (χ1) is 12.7. The summed E-state index contributed by atoms with van der Waals surface area (Å²) in [6, 6.07) is 2.05. The number of nitrogens with zero attached hydrogens (tertiary/aromatic N) is 3. The third-order valence-corrected chi connectivity index (χ3v) is 4.66. The molecule has 0 aliphatic heterocycles. The minimum Gasteiger partial charge on any atom is -0.365 e. The average Bonchev–Trinajstić information content (AvgIpc) is 3.20. The van der Waals surface area contributed by atoms with Gasteiger partial charge in [0, 0.05) is 5.39 Å². The normalized spacial score (nSPS) is 11.1. The highest BCUT2D eigenvalue weighted by Gasteiger charge is 2.25. The molecule has 0 spiro atoms. The van der Waals surface area contributed by atoms with Gasteiger partial charge in [-0.25, -0.2) is 13.8 Å². The SMILES string of the molecule is Cc1cc(C(F)F)nc2sc(C(N)=O)c(NC(=O)c3cc([N+](=O)[O-])[nH]n3)c12. The van der Waals surface area contributed by atoms with Crippen LogP contribution in [0.5, 0.6) is 0 Å². The van der Waals surface area contributed by atoms with E-state index in [4.69, 9.17) is 5.73 Å². The van der Waals surface area contributed by atoms with Crippen molar-refractivity contribution in [2.24, 2.45) is 5.73 Å². The largest absolute Gasteiger partial charge is 0.365 e. The Morgan fingerprint density at radius 3 is 2.67 bits per heavy atom. The molecular formula is C14H10F2N6O4S. The smallest absolute Gasteiger partial charge is 0.343 e. The van der Waals surface area contributed by atoms with E-state index in [1.54, 1.807) is 0 Å². The zero-order valence-electron chi connectivity index (χ0n) is 13.4. The number of primary amides is 1. The maximum absolute atomic E-state index is 13.0. The van der Waals surface area contributed by atoms with E-state index < -0.39 is 34.7 Å². The van der Waals surface area contributed by atoms with E-state index in [1.807, 2.05) is 0 Å². The number of hydrogen-bond donors (Lipinski definition) is 3. The summed E-state index contributed by atoms with van der Waals surface area (Å²) in [4.78, 5) is 37.8. The molecule has 140 valence electrons. The summed E-state index contributed by atoms with van der Waals surface area (Å²) in [6.45, 7) is 1.52. The van der Waals surface area contributed by atoms with Crippen LogP contribution < -0.4 is 11.1 Å². The molecule has 13 heteroatoms. The van der Waals surface area contributed by atoms with Gasteiger partial charge in [-0.05, 0) is 23.5 Å². The van der Waals surface area contributed by atoms with Crippen LogP contribution in [0.3, 0.4) is 0 Å². The van der Waals surface area contributed by atoms with Crippen LogP contribution in [0.25, 0.3) is 10.2 Å². The molecule has 10 nitrogen and oxygen atoms in total. The lowest BCUT2D eigenvalue weighted by atomic mass is 10.1. The van der Waals surface area contributed by atoms with Gasteiger partial charge in [-0.2, -0.15) is 0 Å². The van der Waals surface area contributed by atoms with Crippen LogP contribution >= 0.6 is 11.3 Å². The van der Waals surface area contributed by atoms with Crippen LogP contribution in [0.15, 0.2) is 12.1 Å². The first-order valence-corrected chi connectivity index (χ1v) is 8.03. The Balaban J connectivity index is 2.08. The van der Waals surface area contributed by atoms with E-state index in [1.165, 1.54) is 6.92 Å². The lowest BCUT2D eigenvalue weighted by Crippen LogP contribution is -2.17. The van der Waals surface area contributed by atoms with Crippen molar-refractivity contribution in [2.45, 2.75) is 13.3 Å². The maximum Gasteiger partial charge on any atom is 0.343 e. The molecule has 3 heterocycles. The predicted molar refractivity (Wildman–Crippen MR) is 91.0 cm³/mol. The number of nitrogens with one attached hydrogen (secondary N) is 2. The number of thiophene rings is 1. The van der Waals surface area contributed by atoms with Gasteiger partial charge < -0.3 is 21.2 Å². The molecule has 0 saturated heterocycles. The zero-order valence-corrected chi connectivity index (χ0v) is 14.3. The molecule has 0 aromatic carbocycles. The predicted octanol–water partition coefficient (Wildman–Crippen LogP) is 2.52. The van der Waals surface area contributed by atoms with Crippen molar-refractivity contribution in [1.29, 1.82) is 0 Å². The van der Waals surface area contributed by atoms with Crippen molar-refractivity contribution in [2.75, 3.05) is 5.32 Å². The molecular weight excluding hydrogens is 386 g/mol. The number of alkyl halides is 2. The second-order valence-electron chi connectivity index (χ2n) is 5.36. The van der Waals surface area contributed by atoms with Crippen molar-refractivity contribution in [3.05, 3.63) is 44.1 Å². The monoisotopic (exact) mass is 396 g/mol. The second kappa shape index (κ2) is 6.68. The van der Waals surface area contributed by atoms with Crippen LogP contribution in [-0.2, 0) is 0 Å². The lowest BCUT2D eigenvalue weighted by molar-refractivity contribution is -0.389. The van der Waals surface area contributed by atoms with Crippen LogP contribution in [0.1, 0.15) is 37.8 Å². The van der Waals surface area contributed by atoms with E-state index in [-0.39, 0.29) is 26.5 Å². The highest BCUT2D eigenvalue weighted by Crippen LogP contribution is 2.38. The molecule has 0 unspecified atom stereocenters. The van der Waals surface area contributed by atoms with Crippen LogP contribution in [0.4, 0.5) is 20.3 Å². The van der Waals surface area contributed by atoms with Crippen molar-refractivity contribution in [1.82, 2.24) is 15.2 Å². The summed E-state index contributed by atoms with van der Waals surface area (Å²) >= 11 is 0.755. The number of H-pyrrole nitrogens is 1. The molecule has 3 aromatic rings. The number of carbonyl (C=O) groups is 2. The van der Waals surface area contributed by atoms with Crippen molar-refractivity contribution >= 4 is 44.9 Å². The number of halogens is 2. The molecule has 0 fully saturated rings. The fraction of sp³-hybridized carbons (Fsp3) is 0.143. The molecule has 27 heavy (non-hydrogen) atoms. The maximum atomic E-state index is 13.0. The van der Waals surface area contributed by atoms with Crippen molar-refractivity contribution in [3.8, 4) is 0 Å². The average molecular weight is 396 g/mol. The lowest BCUT2D eigenvalue weighted by Gasteiger charge is -2.06. The molecule has 0 bridgehead atoms. The number of hydrogen-bond acceptors (Lipinski definition) is 7. The number of anilines is 1. The number of carbonyl (C=O) groups excluding carboxylic acids is 2. The Labute approximate surface area is 152 Å². The van der Waals surface area contributed by atoms with E-state index in [0.717, 1.165) is 23.5 Å². The van der Waals surface area contributed by atoms with Crippen LogP contribution in [0, 0.1) is 17.0 Å².